The lowest BCUT2D eigenvalue weighted by atomic mass is 10.1. The number of rotatable bonds is 4. The van der Waals surface area contributed by atoms with Crippen LogP contribution in [-0.2, 0) is 9.59 Å². The smallest absolute Gasteiger partial charge is 0.272 e. The molecule has 3 rings (SSSR count). The van der Waals surface area contributed by atoms with Gasteiger partial charge in [-0.05, 0) is 24.6 Å². The van der Waals surface area contributed by atoms with Crippen LogP contribution in [-0.4, -0.2) is 27.2 Å². The highest BCUT2D eigenvalue weighted by Crippen LogP contribution is 2.46. The molecule has 8 heteroatoms. The summed E-state index contributed by atoms with van der Waals surface area (Å²) < 4.78 is 0. The third-order valence-corrected chi connectivity index (χ3v) is 5.97. The van der Waals surface area contributed by atoms with Crippen LogP contribution >= 0.6 is 35.0 Å². The van der Waals surface area contributed by atoms with Crippen molar-refractivity contribution in [1.82, 2.24) is 10.4 Å². The summed E-state index contributed by atoms with van der Waals surface area (Å²) in [6.07, 6.45) is -1.40. The first-order valence-electron chi connectivity index (χ1n) is 7.86. The number of carbonyl (C=O) groups is 2. The summed E-state index contributed by atoms with van der Waals surface area (Å²) in [6.45, 7) is 1.74. The zero-order valence-electron chi connectivity index (χ0n) is 13.7. The molecule has 1 fully saturated rings. The molecule has 2 aromatic carbocycles. The highest BCUT2D eigenvalue weighted by Gasteiger charge is 2.42. The standard InChI is InChI=1S/C18H16Cl2N2O3S/c1-10-17(25)22(18(26-10)14-12(19)8-5-9-13(14)20)21-16(24)15(23)11-6-3-2-4-7-11/h2-10,15,18,23H,1H3,(H,21,24). The summed E-state index contributed by atoms with van der Waals surface area (Å²) in [7, 11) is 0. The van der Waals surface area contributed by atoms with Gasteiger partial charge in [-0.15, -0.1) is 11.8 Å². The van der Waals surface area contributed by atoms with Crippen molar-refractivity contribution in [2.45, 2.75) is 23.7 Å². The van der Waals surface area contributed by atoms with Crippen molar-refractivity contribution in [2.75, 3.05) is 0 Å². The fourth-order valence-corrected chi connectivity index (χ4v) is 4.67. The highest BCUT2D eigenvalue weighted by molar-refractivity contribution is 8.01. The molecule has 3 atom stereocenters. The number of thioether (sulfide) groups is 1. The Labute approximate surface area is 165 Å². The van der Waals surface area contributed by atoms with Crippen LogP contribution in [0.2, 0.25) is 10.0 Å². The Morgan fingerprint density at radius 1 is 1.15 bits per heavy atom. The number of aliphatic hydroxyl groups excluding tert-OH is 1. The van der Waals surface area contributed by atoms with Gasteiger partial charge in [0.05, 0.1) is 5.25 Å². The quantitative estimate of drug-likeness (QED) is 0.805. The van der Waals surface area contributed by atoms with E-state index in [4.69, 9.17) is 23.2 Å². The van der Waals surface area contributed by atoms with E-state index < -0.39 is 17.4 Å². The van der Waals surface area contributed by atoms with Crippen LogP contribution < -0.4 is 5.43 Å². The van der Waals surface area contributed by atoms with Gasteiger partial charge in [0.25, 0.3) is 11.8 Å². The Balaban J connectivity index is 1.86. The minimum Gasteiger partial charge on any atom is -0.378 e. The van der Waals surface area contributed by atoms with Crippen molar-refractivity contribution in [2.24, 2.45) is 0 Å². The number of aliphatic hydroxyl groups is 1. The van der Waals surface area contributed by atoms with E-state index >= 15 is 0 Å². The first-order valence-corrected chi connectivity index (χ1v) is 9.56. The van der Waals surface area contributed by atoms with Crippen molar-refractivity contribution in [3.63, 3.8) is 0 Å². The highest BCUT2D eigenvalue weighted by atomic mass is 35.5. The molecule has 0 spiro atoms. The Bertz CT molecular complexity index is 814. The number of amides is 2. The second-order valence-corrected chi connectivity index (χ2v) is 8.00. The molecule has 2 amide bonds. The predicted octanol–water partition coefficient (Wildman–Crippen LogP) is 3.72. The largest absolute Gasteiger partial charge is 0.378 e. The van der Waals surface area contributed by atoms with Gasteiger partial charge in [0.15, 0.2) is 6.10 Å². The van der Waals surface area contributed by atoms with Crippen molar-refractivity contribution in [3.05, 3.63) is 69.7 Å². The van der Waals surface area contributed by atoms with Crippen LogP contribution in [0.4, 0.5) is 0 Å². The fourth-order valence-electron chi connectivity index (χ4n) is 2.65. The Morgan fingerprint density at radius 2 is 1.77 bits per heavy atom. The number of hydrazine groups is 1. The molecule has 2 aromatic rings. The number of benzene rings is 2. The molecule has 1 saturated heterocycles. The normalized spacial score (nSPS) is 20.9. The summed E-state index contributed by atoms with van der Waals surface area (Å²) in [4.78, 5) is 25.0. The minimum absolute atomic E-state index is 0.287. The summed E-state index contributed by atoms with van der Waals surface area (Å²) in [6, 6.07) is 13.6. The van der Waals surface area contributed by atoms with Crippen LogP contribution in [0.3, 0.4) is 0 Å². The van der Waals surface area contributed by atoms with Crippen molar-refractivity contribution >= 4 is 46.8 Å². The zero-order chi connectivity index (χ0) is 18.8. The van der Waals surface area contributed by atoms with Crippen molar-refractivity contribution < 1.29 is 14.7 Å². The van der Waals surface area contributed by atoms with Gasteiger partial charge in [0.1, 0.15) is 5.37 Å². The first-order chi connectivity index (χ1) is 12.4. The van der Waals surface area contributed by atoms with Crippen LogP contribution in [0.25, 0.3) is 0 Å². The Kier molecular flexibility index (Phi) is 5.77. The van der Waals surface area contributed by atoms with E-state index in [9.17, 15) is 14.7 Å². The van der Waals surface area contributed by atoms with Gasteiger partial charge < -0.3 is 5.11 Å². The van der Waals surface area contributed by atoms with Gasteiger partial charge in [-0.3, -0.25) is 15.0 Å². The number of hydrogen-bond donors (Lipinski definition) is 2. The number of nitrogens with zero attached hydrogens (tertiary/aromatic N) is 1. The second kappa shape index (κ2) is 7.88. The fraction of sp³-hybridized carbons (Fsp3) is 0.222. The monoisotopic (exact) mass is 410 g/mol. The number of nitrogens with one attached hydrogen (secondary N) is 1. The third kappa shape index (κ3) is 3.69. The second-order valence-electron chi connectivity index (χ2n) is 5.76. The van der Waals surface area contributed by atoms with Crippen LogP contribution in [0.15, 0.2) is 48.5 Å². The number of halogens is 2. The van der Waals surface area contributed by atoms with Crippen LogP contribution in [0.5, 0.6) is 0 Å². The molecule has 1 aliphatic heterocycles. The minimum atomic E-state index is -1.40. The lowest BCUT2D eigenvalue weighted by Crippen LogP contribution is -2.47. The number of hydrogen-bond acceptors (Lipinski definition) is 4. The molecule has 136 valence electrons. The molecule has 0 radical (unpaired) electrons. The first kappa shape index (κ1) is 19.0. The lowest BCUT2D eigenvalue weighted by Gasteiger charge is -2.27. The van der Waals surface area contributed by atoms with Gasteiger partial charge in [-0.1, -0.05) is 59.6 Å². The van der Waals surface area contributed by atoms with Crippen molar-refractivity contribution in [3.8, 4) is 0 Å². The molecular formula is C18H16Cl2N2O3S. The molecular weight excluding hydrogens is 395 g/mol. The Hall–Kier alpha value is -1.73. The molecule has 26 heavy (non-hydrogen) atoms. The molecule has 5 nitrogen and oxygen atoms in total. The molecule has 0 aliphatic carbocycles. The SMILES string of the molecule is CC1SC(c2c(Cl)cccc2Cl)N(NC(=O)C(O)c2ccccc2)C1=O. The van der Waals surface area contributed by atoms with E-state index in [1.54, 1.807) is 55.5 Å². The van der Waals surface area contributed by atoms with E-state index in [1.807, 2.05) is 0 Å². The van der Waals surface area contributed by atoms with Crippen LogP contribution in [0, 0.1) is 0 Å². The predicted molar refractivity (Wildman–Crippen MR) is 103 cm³/mol. The van der Waals surface area contributed by atoms with Gasteiger partial charge in [0.2, 0.25) is 0 Å². The van der Waals surface area contributed by atoms with E-state index in [0.717, 1.165) is 0 Å². The van der Waals surface area contributed by atoms with Gasteiger partial charge in [0, 0.05) is 15.6 Å². The van der Waals surface area contributed by atoms with Gasteiger partial charge in [-0.25, -0.2) is 5.01 Å². The van der Waals surface area contributed by atoms with E-state index in [2.05, 4.69) is 5.43 Å². The summed E-state index contributed by atoms with van der Waals surface area (Å²) in [5.41, 5.74) is 3.50. The molecule has 3 unspecified atom stereocenters. The topological polar surface area (TPSA) is 69.6 Å². The summed E-state index contributed by atoms with van der Waals surface area (Å²) >= 11 is 13.9. The van der Waals surface area contributed by atoms with Crippen LogP contribution in [0.1, 0.15) is 29.5 Å². The molecule has 1 heterocycles. The zero-order valence-corrected chi connectivity index (χ0v) is 16.1. The maximum Gasteiger partial charge on any atom is 0.272 e. The maximum absolute atomic E-state index is 12.5. The van der Waals surface area contributed by atoms with E-state index in [0.29, 0.717) is 21.2 Å². The molecule has 0 saturated carbocycles. The molecule has 0 bridgehead atoms. The third-order valence-electron chi connectivity index (χ3n) is 3.99. The average Bonchev–Trinajstić information content (AvgIpc) is 2.90. The Morgan fingerprint density at radius 3 is 2.38 bits per heavy atom. The maximum atomic E-state index is 12.5. The average molecular weight is 411 g/mol. The van der Waals surface area contributed by atoms with E-state index in [-0.39, 0.29) is 11.2 Å². The molecule has 0 aromatic heterocycles. The molecule has 1 aliphatic rings. The van der Waals surface area contributed by atoms with Crippen molar-refractivity contribution in [1.29, 1.82) is 0 Å². The van der Waals surface area contributed by atoms with E-state index in [1.165, 1.54) is 16.8 Å². The van der Waals surface area contributed by atoms with Gasteiger partial charge in [-0.2, -0.15) is 0 Å². The summed E-state index contributed by atoms with van der Waals surface area (Å²) in [5, 5.41) is 11.3. The summed E-state index contributed by atoms with van der Waals surface area (Å²) in [5.74, 6) is -0.989. The number of carbonyl (C=O) groups excluding carboxylic acids is 2. The molecule has 2 N–H and O–H groups in total. The van der Waals surface area contributed by atoms with Gasteiger partial charge >= 0.3 is 0 Å². The lowest BCUT2D eigenvalue weighted by molar-refractivity contribution is -0.144.